The van der Waals surface area contributed by atoms with Gasteiger partial charge in [0.25, 0.3) is 5.91 Å². The number of halogens is 4. The van der Waals surface area contributed by atoms with Crippen LogP contribution in [0.4, 0.5) is 19.0 Å². The Balaban J connectivity index is 1.38. The normalized spacial score (nSPS) is 16.4. The maximum absolute atomic E-state index is 16.8. The number of hydrogen-bond acceptors (Lipinski definition) is 8. The minimum Gasteiger partial charge on any atom is -0.424 e. The zero-order valence-corrected chi connectivity index (χ0v) is 27.1. The van der Waals surface area contributed by atoms with E-state index in [9.17, 15) is 18.8 Å². The largest absolute Gasteiger partial charge is 0.424 e. The van der Waals surface area contributed by atoms with Gasteiger partial charge in [0, 0.05) is 55.4 Å². The Kier molecular flexibility index (Phi) is 8.56. The molecule has 49 heavy (non-hydrogen) atoms. The Morgan fingerprint density at radius 1 is 1.12 bits per heavy atom. The lowest BCUT2D eigenvalue weighted by Crippen LogP contribution is -2.55. The number of piperazine rings is 1. The first-order chi connectivity index (χ1) is 23.6. The third kappa shape index (κ3) is 5.89. The highest BCUT2D eigenvalue weighted by atomic mass is 35.5. The average molecular weight is 684 g/mol. The molecule has 1 saturated heterocycles. The van der Waals surface area contributed by atoms with Crippen molar-refractivity contribution in [2.75, 3.05) is 38.1 Å². The fourth-order valence-electron chi connectivity index (χ4n) is 6.66. The molecule has 3 aromatic carbocycles. The van der Waals surface area contributed by atoms with Gasteiger partial charge < -0.3 is 19.4 Å². The number of fused-ring (bicyclic) bond motifs is 3. The molecule has 2 aliphatic heterocycles. The standard InChI is InChI=1S/C36H29ClF3N7O2/c1-20(38)35(48)47-16-15-46(19-23(47)11-13-41)34-26-17-42-32(25-7-3-5-21-9-10-27(39)30(37)29(21)25)31(40)33(26)43-36(44-34)49-28-8-4-6-22-18-45(2)14-12-24(22)28/h3-10,17,23H,1,11-12,14-16,18-19H2,2H3/t23-/m0/s1. The zero-order chi connectivity index (χ0) is 34.4. The molecule has 0 aliphatic carbocycles. The van der Waals surface area contributed by atoms with Crippen molar-refractivity contribution in [3.05, 3.63) is 94.9 Å². The van der Waals surface area contributed by atoms with E-state index in [-0.39, 0.29) is 65.1 Å². The predicted molar refractivity (Wildman–Crippen MR) is 180 cm³/mol. The van der Waals surface area contributed by atoms with Crippen LogP contribution >= 0.6 is 11.6 Å². The van der Waals surface area contributed by atoms with Gasteiger partial charge in [0.1, 0.15) is 28.6 Å². The summed E-state index contributed by atoms with van der Waals surface area (Å²) in [6.45, 7) is 5.02. The summed E-state index contributed by atoms with van der Waals surface area (Å²) >= 11 is 6.39. The molecule has 9 nitrogen and oxygen atoms in total. The van der Waals surface area contributed by atoms with Gasteiger partial charge in [-0.25, -0.2) is 13.2 Å². The minimum atomic E-state index is -1.12. The van der Waals surface area contributed by atoms with Crippen LogP contribution < -0.4 is 9.64 Å². The molecule has 0 N–H and O–H groups in total. The second-order valence-corrected chi connectivity index (χ2v) is 12.5. The van der Waals surface area contributed by atoms with Gasteiger partial charge in [-0.15, -0.1) is 0 Å². The van der Waals surface area contributed by atoms with E-state index in [1.165, 1.54) is 17.2 Å². The summed E-state index contributed by atoms with van der Waals surface area (Å²) < 4.78 is 51.6. The molecule has 0 saturated carbocycles. The predicted octanol–water partition coefficient (Wildman–Crippen LogP) is 6.97. The summed E-state index contributed by atoms with van der Waals surface area (Å²) in [4.78, 5) is 31.6. The van der Waals surface area contributed by atoms with Crippen molar-refractivity contribution < 1.29 is 22.7 Å². The van der Waals surface area contributed by atoms with Gasteiger partial charge in [0.15, 0.2) is 11.6 Å². The molecule has 4 heterocycles. The number of ether oxygens (including phenoxy) is 1. The van der Waals surface area contributed by atoms with Gasteiger partial charge in [-0.05, 0) is 36.6 Å². The molecule has 13 heteroatoms. The van der Waals surface area contributed by atoms with E-state index in [0.29, 0.717) is 16.5 Å². The van der Waals surface area contributed by atoms with Crippen LogP contribution in [0.1, 0.15) is 17.5 Å². The number of benzene rings is 3. The molecular weight excluding hydrogens is 655 g/mol. The molecule has 0 radical (unpaired) electrons. The Labute approximate surface area is 284 Å². The van der Waals surface area contributed by atoms with Crippen LogP contribution in [0.15, 0.2) is 67.1 Å². The Morgan fingerprint density at radius 2 is 1.94 bits per heavy atom. The van der Waals surface area contributed by atoms with Gasteiger partial charge in [0.05, 0.1) is 28.9 Å². The van der Waals surface area contributed by atoms with E-state index in [4.69, 9.17) is 21.3 Å². The summed E-state index contributed by atoms with van der Waals surface area (Å²) in [5.74, 6) is -2.66. The van der Waals surface area contributed by atoms with Crippen LogP contribution in [0, 0.1) is 23.0 Å². The second-order valence-electron chi connectivity index (χ2n) is 12.1. The molecule has 0 unspecified atom stereocenters. The third-order valence-corrected chi connectivity index (χ3v) is 9.42. The molecule has 7 rings (SSSR count). The van der Waals surface area contributed by atoms with Crippen molar-refractivity contribution in [3.63, 3.8) is 0 Å². The number of hydrogen-bond donors (Lipinski definition) is 0. The SMILES string of the molecule is C=C(F)C(=O)N1CCN(c2nc(Oc3cccc4c3CCN(C)C4)nc3c(F)c(-c4cccc5ccc(F)c(Cl)c45)ncc23)C[C@@H]1CC#N. The van der Waals surface area contributed by atoms with Crippen molar-refractivity contribution in [2.24, 2.45) is 0 Å². The molecule has 1 amide bonds. The van der Waals surface area contributed by atoms with Gasteiger partial charge in [-0.1, -0.05) is 54.6 Å². The Hall–Kier alpha value is -5.25. The minimum absolute atomic E-state index is 0.0591. The first-order valence-electron chi connectivity index (χ1n) is 15.6. The number of anilines is 1. The number of aromatic nitrogens is 3. The zero-order valence-electron chi connectivity index (χ0n) is 26.4. The van der Waals surface area contributed by atoms with Crippen molar-refractivity contribution >= 4 is 45.0 Å². The maximum atomic E-state index is 16.8. The van der Waals surface area contributed by atoms with E-state index < -0.39 is 29.4 Å². The first-order valence-corrected chi connectivity index (χ1v) is 16.0. The van der Waals surface area contributed by atoms with Crippen molar-refractivity contribution in [2.45, 2.75) is 25.4 Å². The van der Waals surface area contributed by atoms with Crippen LogP contribution in [0.25, 0.3) is 32.9 Å². The molecule has 0 spiro atoms. The lowest BCUT2D eigenvalue weighted by atomic mass is 9.99. The number of likely N-dealkylation sites (N-methyl/N-ethyl adjacent to an activating group) is 1. The number of nitriles is 1. The summed E-state index contributed by atoms with van der Waals surface area (Å²) in [6.07, 6.45) is 2.08. The highest BCUT2D eigenvalue weighted by Gasteiger charge is 2.34. The fraction of sp³-hybridized carbons (Fsp3) is 0.250. The Morgan fingerprint density at radius 3 is 2.73 bits per heavy atom. The molecule has 1 atom stereocenters. The number of amides is 1. The quantitative estimate of drug-likeness (QED) is 0.177. The molecule has 248 valence electrons. The lowest BCUT2D eigenvalue weighted by Gasteiger charge is -2.41. The number of carbonyl (C=O) groups is 1. The highest BCUT2D eigenvalue weighted by Crippen LogP contribution is 2.39. The van der Waals surface area contributed by atoms with E-state index in [1.54, 1.807) is 29.2 Å². The third-order valence-electron chi connectivity index (χ3n) is 9.05. The smallest absolute Gasteiger partial charge is 0.324 e. The van der Waals surface area contributed by atoms with Crippen LogP contribution in [-0.2, 0) is 17.8 Å². The van der Waals surface area contributed by atoms with Crippen LogP contribution in [0.3, 0.4) is 0 Å². The maximum Gasteiger partial charge on any atom is 0.324 e. The molecule has 0 bridgehead atoms. The molecule has 1 fully saturated rings. The van der Waals surface area contributed by atoms with Crippen LogP contribution in [0.2, 0.25) is 5.02 Å². The fourth-order valence-corrected chi connectivity index (χ4v) is 6.94. The van der Waals surface area contributed by atoms with Gasteiger partial charge in [0.2, 0.25) is 0 Å². The van der Waals surface area contributed by atoms with E-state index in [0.717, 1.165) is 30.6 Å². The topological polar surface area (TPSA) is 98.5 Å². The van der Waals surface area contributed by atoms with Gasteiger partial charge >= 0.3 is 6.01 Å². The first kappa shape index (κ1) is 32.3. The average Bonchev–Trinajstić information content (AvgIpc) is 3.09. The Bertz CT molecular complexity index is 2210. The van der Waals surface area contributed by atoms with Crippen molar-refractivity contribution in [1.82, 2.24) is 24.8 Å². The summed E-state index contributed by atoms with van der Waals surface area (Å²) in [7, 11) is 2.04. The lowest BCUT2D eigenvalue weighted by molar-refractivity contribution is -0.131. The van der Waals surface area contributed by atoms with E-state index in [2.05, 4.69) is 27.5 Å². The molecular formula is C36H29ClF3N7O2. The van der Waals surface area contributed by atoms with Crippen molar-refractivity contribution in [1.29, 1.82) is 5.26 Å². The summed E-state index contributed by atoms with van der Waals surface area (Å²) in [6, 6.07) is 14.8. The summed E-state index contributed by atoms with van der Waals surface area (Å²) in [5.41, 5.74) is 2.17. The molecule has 2 aromatic heterocycles. The number of pyridine rings is 1. The van der Waals surface area contributed by atoms with Crippen LogP contribution in [0.5, 0.6) is 11.8 Å². The summed E-state index contributed by atoms with van der Waals surface area (Å²) in [5, 5.41) is 10.5. The molecule has 2 aliphatic rings. The van der Waals surface area contributed by atoms with Crippen LogP contribution in [-0.4, -0.2) is 69.9 Å². The molecule has 5 aromatic rings. The number of rotatable bonds is 6. The number of carbonyl (C=O) groups excluding carboxylic acids is 1. The highest BCUT2D eigenvalue weighted by molar-refractivity contribution is 6.36. The van der Waals surface area contributed by atoms with Gasteiger partial charge in [-0.2, -0.15) is 15.2 Å². The monoisotopic (exact) mass is 683 g/mol. The van der Waals surface area contributed by atoms with E-state index >= 15 is 4.39 Å². The number of nitrogens with zero attached hydrogens (tertiary/aromatic N) is 7. The second kappa shape index (κ2) is 13.0. The van der Waals surface area contributed by atoms with E-state index in [1.807, 2.05) is 25.2 Å². The van der Waals surface area contributed by atoms with Gasteiger partial charge in [-0.3, -0.25) is 9.78 Å². The van der Waals surface area contributed by atoms with Crippen molar-refractivity contribution in [3.8, 4) is 29.1 Å².